The second-order valence-electron chi connectivity index (χ2n) is 5.37. The summed E-state index contributed by atoms with van der Waals surface area (Å²) in [5.74, 6) is 0.312. The predicted molar refractivity (Wildman–Crippen MR) is 71.5 cm³/mol. The molecule has 1 aliphatic heterocycles. The van der Waals surface area contributed by atoms with Crippen LogP contribution in [0.1, 0.15) is 51.9 Å². The second-order valence-corrected chi connectivity index (χ2v) is 6.82. The zero-order chi connectivity index (χ0) is 12.3. The molecule has 0 amide bonds. The van der Waals surface area contributed by atoms with Crippen LogP contribution in [0.4, 0.5) is 0 Å². The molecule has 0 aromatic heterocycles. The van der Waals surface area contributed by atoms with Crippen LogP contribution >= 0.6 is 11.8 Å². The van der Waals surface area contributed by atoms with Gasteiger partial charge in [0, 0.05) is 11.3 Å². The molecule has 4 heteroatoms. The zero-order valence-electron chi connectivity index (χ0n) is 10.6. The van der Waals surface area contributed by atoms with Crippen molar-refractivity contribution in [1.29, 1.82) is 0 Å². The molecule has 0 bridgehead atoms. The smallest absolute Gasteiger partial charge is 0.325 e. The van der Waals surface area contributed by atoms with E-state index in [2.05, 4.69) is 12.2 Å². The first kappa shape index (κ1) is 13.2. The van der Waals surface area contributed by atoms with E-state index in [1.807, 2.05) is 0 Å². The topological polar surface area (TPSA) is 49.3 Å². The molecule has 2 fully saturated rings. The average Bonchev–Trinajstić information content (AvgIpc) is 2.52. The highest BCUT2D eigenvalue weighted by molar-refractivity contribution is 8.00. The maximum atomic E-state index is 11.6. The van der Waals surface area contributed by atoms with Crippen molar-refractivity contribution < 1.29 is 9.90 Å². The number of rotatable bonds is 3. The first-order valence-corrected chi connectivity index (χ1v) is 7.83. The van der Waals surface area contributed by atoms with E-state index in [1.54, 1.807) is 11.8 Å². The van der Waals surface area contributed by atoms with Crippen LogP contribution < -0.4 is 5.32 Å². The summed E-state index contributed by atoms with van der Waals surface area (Å²) in [4.78, 5) is 11.6. The molecule has 1 saturated carbocycles. The van der Waals surface area contributed by atoms with Gasteiger partial charge in [-0.15, -0.1) is 0 Å². The minimum absolute atomic E-state index is 0.184. The molecule has 98 valence electrons. The standard InChI is InChI=1S/C13H23NO2S/c1-10-13(12(15)16,8-9-17-10)14-11-6-4-2-3-5-7-11/h10-11,14H,2-9H2,1H3,(H,15,16). The highest BCUT2D eigenvalue weighted by atomic mass is 32.2. The van der Waals surface area contributed by atoms with Crippen LogP contribution in [0.15, 0.2) is 0 Å². The van der Waals surface area contributed by atoms with Gasteiger partial charge < -0.3 is 5.11 Å². The van der Waals surface area contributed by atoms with Crippen molar-refractivity contribution in [2.24, 2.45) is 0 Å². The fourth-order valence-electron chi connectivity index (χ4n) is 3.06. The number of aliphatic carboxylic acids is 1. The molecule has 0 aromatic carbocycles. The first-order chi connectivity index (χ1) is 8.15. The number of hydrogen-bond acceptors (Lipinski definition) is 3. The van der Waals surface area contributed by atoms with Crippen LogP contribution in [0.25, 0.3) is 0 Å². The number of hydrogen-bond donors (Lipinski definition) is 2. The van der Waals surface area contributed by atoms with E-state index in [9.17, 15) is 9.90 Å². The number of thioether (sulfide) groups is 1. The molecular formula is C13H23NO2S. The Labute approximate surface area is 108 Å². The largest absolute Gasteiger partial charge is 0.480 e. The van der Waals surface area contributed by atoms with Crippen molar-refractivity contribution in [3.05, 3.63) is 0 Å². The monoisotopic (exact) mass is 257 g/mol. The van der Waals surface area contributed by atoms with Gasteiger partial charge in [-0.05, 0) is 25.0 Å². The van der Waals surface area contributed by atoms with Gasteiger partial charge in [0.15, 0.2) is 0 Å². The molecule has 17 heavy (non-hydrogen) atoms. The molecule has 2 aliphatic rings. The summed E-state index contributed by atoms with van der Waals surface area (Å²) in [5.41, 5.74) is -0.667. The Balaban J connectivity index is 2.04. The third-order valence-electron chi connectivity index (χ3n) is 4.26. The fourth-order valence-corrected chi connectivity index (χ4v) is 4.43. The van der Waals surface area contributed by atoms with Gasteiger partial charge in [0.2, 0.25) is 0 Å². The normalized spacial score (nSPS) is 35.7. The molecular weight excluding hydrogens is 234 g/mol. The number of carboxylic acid groups (broad SMARTS) is 1. The lowest BCUT2D eigenvalue weighted by molar-refractivity contribution is -0.145. The van der Waals surface area contributed by atoms with E-state index in [4.69, 9.17) is 0 Å². The minimum atomic E-state index is -0.667. The highest BCUT2D eigenvalue weighted by Crippen LogP contribution is 2.37. The molecule has 2 unspecified atom stereocenters. The summed E-state index contributed by atoms with van der Waals surface area (Å²) < 4.78 is 0. The van der Waals surface area contributed by atoms with Crippen molar-refractivity contribution in [3.63, 3.8) is 0 Å². The van der Waals surface area contributed by atoms with Crippen molar-refractivity contribution in [2.45, 2.75) is 68.7 Å². The summed E-state index contributed by atoms with van der Waals surface area (Å²) in [6, 6.07) is 0.412. The Bertz CT molecular complexity index is 277. The third-order valence-corrected chi connectivity index (χ3v) is 5.60. The molecule has 0 aromatic rings. The van der Waals surface area contributed by atoms with Gasteiger partial charge in [-0.3, -0.25) is 10.1 Å². The van der Waals surface area contributed by atoms with Crippen molar-refractivity contribution in [2.75, 3.05) is 5.75 Å². The van der Waals surface area contributed by atoms with Gasteiger partial charge >= 0.3 is 5.97 Å². The average molecular weight is 257 g/mol. The van der Waals surface area contributed by atoms with Crippen LogP contribution in [0.3, 0.4) is 0 Å². The third kappa shape index (κ3) is 2.79. The quantitative estimate of drug-likeness (QED) is 0.763. The molecule has 1 heterocycles. The second kappa shape index (κ2) is 5.61. The number of carboxylic acids is 1. The van der Waals surface area contributed by atoms with Crippen LogP contribution in [-0.2, 0) is 4.79 Å². The van der Waals surface area contributed by atoms with E-state index >= 15 is 0 Å². The number of carbonyl (C=O) groups is 1. The summed E-state index contributed by atoms with van der Waals surface area (Å²) in [7, 11) is 0. The van der Waals surface area contributed by atoms with Crippen LogP contribution in [0, 0.1) is 0 Å². The Morgan fingerprint density at radius 2 is 1.94 bits per heavy atom. The van der Waals surface area contributed by atoms with Gasteiger partial charge in [0.05, 0.1) is 0 Å². The molecule has 3 nitrogen and oxygen atoms in total. The maximum Gasteiger partial charge on any atom is 0.325 e. The summed E-state index contributed by atoms with van der Waals surface area (Å²) in [6.45, 7) is 2.05. The summed E-state index contributed by atoms with van der Waals surface area (Å²) in [5, 5.41) is 13.2. The van der Waals surface area contributed by atoms with Crippen LogP contribution in [0.5, 0.6) is 0 Å². The minimum Gasteiger partial charge on any atom is -0.480 e. The molecule has 0 radical (unpaired) electrons. The Morgan fingerprint density at radius 1 is 1.29 bits per heavy atom. The highest BCUT2D eigenvalue weighted by Gasteiger charge is 2.48. The van der Waals surface area contributed by atoms with E-state index in [1.165, 1.54) is 25.7 Å². The van der Waals surface area contributed by atoms with Crippen LogP contribution in [0.2, 0.25) is 0 Å². The lowest BCUT2D eigenvalue weighted by Gasteiger charge is -2.34. The lowest BCUT2D eigenvalue weighted by Crippen LogP contribution is -2.59. The molecule has 2 N–H and O–H groups in total. The molecule has 0 spiro atoms. The van der Waals surface area contributed by atoms with Crippen LogP contribution in [-0.4, -0.2) is 33.7 Å². The SMILES string of the molecule is CC1SCCC1(NC1CCCCCC1)C(=O)O. The summed E-state index contributed by atoms with van der Waals surface area (Å²) >= 11 is 1.78. The van der Waals surface area contributed by atoms with Crippen molar-refractivity contribution in [3.8, 4) is 0 Å². The van der Waals surface area contributed by atoms with E-state index < -0.39 is 11.5 Å². The van der Waals surface area contributed by atoms with E-state index in [0.29, 0.717) is 6.04 Å². The van der Waals surface area contributed by atoms with Gasteiger partial charge in [0.1, 0.15) is 5.54 Å². The number of nitrogens with one attached hydrogen (secondary N) is 1. The van der Waals surface area contributed by atoms with E-state index in [-0.39, 0.29) is 5.25 Å². The molecule has 1 aliphatic carbocycles. The van der Waals surface area contributed by atoms with Gasteiger partial charge in [-0.2, -0.15) is 11.8 Å². The van der Waals surface area contributed by atoms with Gasteiger partial charge in [-0.25, -0.2) is 0 Å². The fraction of sp³-hybridized carbons (Fsp3) is 0.923. The van der Waals surface area contributed by atoms with Gasteiger partial charge in [0.25, 0.3) is 0 Å². The molecule has 1 saturated heterocycles. The Morgan fingerprint density at radius 3 is 2.41 bits per heavy atom. The Kier molecular flexibility index (Phi) is 4.36. The zero-order valence-corrected chi connectivity index (χ0v) is 11.4. The lowest BCUT2D eigenvalue weighted by atomic mass is 9.90. The first-order valence-electron chi connectivity index (χ1n) is 6.78. The maximum absolute atomic E-state index is 11.6. The predicted octanol–water partition coefficient (Wildman–Crippen LogP) is 2.65. The van der Waals surface area contributed by atoms with E-state index in [0.717, 1.165) is 25.0 Å². The van der Waals surface area contributed by atoms with Gasteiger partial charge in [-0.1, -0.05) is 32.6 Å². The Hall–Kier alpha value is -0.220. The van der Waals surface area contributed by atoms with Crippen molar-refractivity contribution >= 4 is 17.7 Å². The molecule has 2 atom stereocenters. The van der Waals surface area contributed by atoms with Crippen molar-refractivity contribution in [1.82, 2.24) is 5.32 Å². The molecule has 2 rings (SSSR count). The summed E-state index contributed by atoms with van der Waals surface area (Å²) in [6.07, 6.45) is 8.17.